The number of nitrogens with one attached hydrogen (secondary N) is 1. The summed E-state index contributed by atoms with van der Waals surface area (Å²) in [5.41, 5.74) is 2.88. The van der Waals surface area contributed by atoms with E-state index in [9.17, 15) is 19.2 Å². The van der Waals surface area contributed by atoms with Crippen molar-refractivity contribution in [3.05, 3.63) is 71.4 Å². The van der Waals surface area contributed by atoms with Crippen molar-refractivity contribution < 1.29 is 14.0 Å². The Balaban J connectivity index is 1.34. The largest absolute Gasteiger partial charge is 0.381 e. The van der Waals surface area contributed by atoms with Gasteiger partial charge in [-0.15, -0.1) is 5.10 Å². The minimum absolute atomic E-state index is 0.0931. The SMILES string of the molecule is N#CC(=C1CCN(C(=O)C(=O)C2CNc3c(-n4ccnn4)ncc(F)c32)CC1)c1ccccc1. The van der Waals surface area contributed by atoms with E-state index in [1.165, 1.54) is 15.8 Å². The van der Waals surface area contributed by atoms with Crippen LogP contribution in [0.4, 0.5) is 10.1 Å². The highest BCUT2D eigenvalue weighted by Gasteiger charge is 2.39. The summed E-state index contributed by atoms with van der Waals surface area (Å²) < 4.78 is 16.1. The molecule has 5 rings (SSSR count). The summed E-state index contributed by atoms with van der Waals surface area (Å²) in [6, 6.07) is 11.7. The molecule has 2 aliphatic heterocycles. The molecule has 0 spiro atoms. The summed E-state index contributed by atoms with van der Waals surface area (Å²) >= 11 is 0. The molecule has 0 radical (unpaired) electrons. The normalized spacial score (nSPS) is 17.0. The number of halogens is 1. The molecule has 0 aliphatic carbocycles. The number of allylic oxidation sites excluding steroid dienone is 1. The van der Waals surface area contributed by atoms with Gasteiger partial charge in [0.05, 0.1) is 41.8 Å². The molecule has 1 fully saturated rings. The first-order chi connectivity index (χ1) is 16.6. The minimum Gasteiger partial charge on any atom is -0.381 e. The fraction of sp³-hybridized carbons (Fsp3) is 0.250. The first-order valence-electron chi connectivity index (χ1n) is 10.9. The average molecular weight is 457 g/mol. The Labute approximate surface area is 194 Å². The number of aromatic nitrogens is 4. The Morgan fingerprint density at radius 2 is 1.94 bits per heavy atom. The van der Waals surface area contributed by atoms with Crippen LogP contribution in [0.1, 0.15) is 29.9 Å². The number of fused-ring (bicyclic) bond motifs is 1. The molecule has 34 heavy (non-hydrogen) atoms. The van der Waals surface area contributed by atoms with Crippen LogP contribution in [0, 0.1) is 17.1 Å². The molecule has 0 saturated carbocycles. The third-order valence-electron chi connectivity index (χ3n) is 6.23. The van der Waals surface area contributed by atoms with Crippen molar-refractivity contribution in [1.29, 1.82) is 5.26 Å². The Hall–Kier alpha value is -4.39. The molecule has 170 valence electrons. The number of carbonyl (C=O) groups excluding carboxylic acids is 2. The second-order valence-electron chi connectivity index (χ2n) is 8.11. The van der Waals surface area contributed by atoms with Gasteiger partial charge in [0.25, 0.3) is 5.91 Å². The van der Waals surface area contributed by atoms with Crippen molar-refractivity contribution >= 4 is 23.0 Å². The van der Waals surface area contributed by atoms with Crippen LogP contribution in [0.2, 0.25) is 0 Å². The molecule has 0 bridgehead atoms. The highest BCUT2D eigenvalue weighted by molar-refractivity contribution is 6.38. The summed E-state index contributed by atoms with van der Waals surface area (Å²) in [5.74, 6) is -2.61. The van der Waals surface area contributed by atoms with Gasteiger partial charge in [0, 0.05) is 25.2 Å². The Morgan fingerprint density at radius 3 is 2.62 bits per heavy atom. The first kappa shape index (κ1) is 21.5. The van der Waals surface area contributed by atoms with Gasteiger partial charge in [0.1, 0.15) is 5.82 Å². The second-order valence-corrected chi connectivity index (χ2v) is 8.11. The number of pyridine rings is 1. The molecule has 1 N–H and O–H groups in total. The van der Waals surface area contributed by atoms with E-state index < -0.39 is 23.4 Å². The van der Waals surface area contributed by atoms with E-state index in [0.29, 0.717) is 43.0 Å². The van der Waals surface area contributed by atoms with Crippen LogP contribution in [0.3, 0.4) is 0 Å². The number of anilines is 1. The molecular weight excluding hydrogens is 437 g/mol. The van der Waals surface area contributed by atoms with E-state index in [0.717, 1.165) is 17.3 Å². The maximum atomic E-state index is 14.7. The number of amides is 1. The molecular formula is C24H20FN7O2. The predicted molar refractivity (Wildman–Crippen MR) is 120 cm³/mol. The van der Waals surface area contributed by atoms with Gasteiger partial charge in [0.2, 0.25) is 5.78 Å². The van der Waals surface area contributed by atoms with Crippen molar-refractivity contribution in [2.75, 3.05) is 25.0 Å². The topological polar surface area (TPSA) is 117 Å². The van der Waals surface area contributed by atoms with E-state index in [2.05, 4.69) is 26.7 Å². The van der Waals surface area contributed by atoms with Gasteiger partial charge in [-0.3, -0.25) is 9.59 Å². The summed E-state index contributed by atoms with van der Waals surface area (Å²) in [6.45, 7) is 0.748. The first-order valence-corrected chi connectivity index (χ1v) is 10.9. The van der Waals surface area contributed by atoms with Crippen LogP contribution < -0.4 is 5.32 Å². The number of nitrogens with zero attached hydrogens (tertiary/aromatic N) is 6. The Bertz CT molecular complexity index is 1320. The Morgan fingerprint density at radius 1 is 1.18 bits per heavy atom. The maximum Gasteiger partial charge on any atom is 0.290 e. The zero-order valence-corrected chi connectivity index (χ0v) is 18.1. The number of nitriles is 1. The number of likely N-dealkylation sites (tertiary alicyclic amines) is 1. The van der Waals surface area contributed by atoms with E-state index in [1.54, 1.807) is 6.20 Å². The summed E-state index contributed by atoms with van der Waals surface area (Å²) in [7, 11) is 0. The molecule has 1 amide bonds. The molecule has 10 heteroatoms. The van der Waals surface area contributed by atoms with Crippen molar-refractivity contribution in [3.63, 3.8) is 0 Å². The molecule has 1 aromatic carbocycles. The number of hydrogen-bond donors (Lipinski definition) is 1. The maximum absolute atomic E-state index is 14.7. The van der Waals surface area contributed by atoms with Gasteiger partial charge >= 0.3 is 0 Å². The van der Waals surface area contributed by atoms with Crippen LogP contribution in [0.5, 0.6) is 0 Å². The highest BCUT2D eigenvalue weighted by atomic mass is 19.1. The molecule has 1 saturated heterocycles. The quantitative estimate of drug-likeness (QED) is 0.472. The van der Waals surface area contributed by atoms with Gasteiger partial charge in [-0.1, -0.05) is 35.5 Å². The fourth-order valence-electron chi connectivity index (χ4n) is 4.52. The monoisotopic (exact) mass is 457 g/mol. The number of piperidine rings is 1. The van der Waals surface area contributed by atoms with E-state index in [4.69, 9.17) is 0 Å². The fourth-order valence-corrected chi connectivity index (χ4v) is 4.52. The van der Waals surface area contributed by atoms with E-state index >= 15 is 0 Å². The summed E-state index contributed by atoms with van der Waals surface area (Å²) in [6.07, 6.45) is 5.06. The second kappa shape index (κ2) is 8.86. The van der Waals surface area contributed by atoms with Crippen LogP contribution in [0.15, 0.2) is 54.5 Å². The third kappa shape index (κ3) is 3.71. The third-order valence-corrected chi connectivity index (χ3v) is 6.23. The molecule has 1 atom stereocenters. The molecule has 3 aromatic rings. The zero-order chi connectivity index (χ0) is 23.7. The zero-order valence-electron chi connectivity index (χ0n) is 18.1. The molecule has 2 aliphatic rings. The number of ketones is 1. The van der Waals surface area contributed by atoms with Gasteiger partial charge in [-0.2, -0.15) is 5.26 Å². The predicted octanol–water partition coefficient (Wildman–Crippen LogP) is 2.48. The summed E-state index contributed by atoms with van der Waals surface area (Å²) in [4.78, 5) is 31.7. The van der Waals surface area contributed by atoms with E-state index in [-0.39, 0.29) is 12.1 Å². The van der Waals surface area contributed by atoms with Gasteiger partial charge in [-0.05, 0) is 24.0 Å². The van der Waals surface area contributed by atoms with Crippen LogP contribution >= 0.6 is 0 Å². The van der Waals surface area contributed by atoms with Crippen molar-refractivity contribution in [3.8, 4) is 11.9 Å². The van der Waals surface area contributed by atoms with Crippen molar-refractivity contribution in [1.82, 2.24) is 24.9 Å². The molecule has 2 aromatic heterocycles. The van der Waals surface area contributed by atoms with E-state index in [1.807, 2.05) is 30.3 Å². The van der Waals surface area contributed by atoms with Crippen LogP contribution in [0.25, 0.3) is 11.4 Å². The van der Waals surface area contributed by atoms with Crippen molar-refractivity contribution in [2.45, 2.75) is 18.8 Å². The number of carbonyl (C=O) groups is 2. The van der Waals surface area contributed by atoms with Crippen LogP contribution in [-0.2, 0) is 9.59 Å². The average Bonchev–Trinajstić information content (AvgIpc) is 3.56. The summed E-state index contributed by atoms with van der Waals surface area (Å²) in [5, 5.41) is 20.3. The smallest absolute Gasteiger partial charge is 0.290 e. The lowest BCUT2D eigenvalue weighted by atomic mass is 9.92. The minimum atomic E-state index is -0.955. The number of benzene rings is 1. The molecule has 4 heterocycles. The standard InChI is InChI=1S/C24H20FN7O2/c25-19-14-28-23(32-11-8-29-30-32)21-20(19)18(13-27-21)22(33)24(34)31-9-6-16(7-10-31)17(12-26)15-4-2-1-3-5-15/h1-5,8,11,14,18,27H,6-7,9-10,13H2. The lowest BCUT2D eigenvalue weighted by molar-refractivity contribution is -0.145. The lowest BCUT2D eigenvalue weighted by Crippen LogP contribution is -2.42. The molecule has 9 nitrogen and oxygen atoms in total. The van der Waals surface area contributed by atoms with Gasteiger partial charge in [0.15, 0.2) is 5.82 Å². The highest BCUT2D eigenvalue weighted by Crippen LogP contribution is 2.38. The number of rotatable bonds is 4. The number of Topliss-reactive ketones (excluding diaryl/α,β-unsaturated/α-hetero) is 1. The van der Waals surface area contributed by atoms with Crippen LogP contribution in [-0.4, -0.2) is 56.2 Å². The van der Waals surface area contributed by atoms with Crippen molar-refractivity contribution in [2.24, 2.45) is 0 Å². The molecule has 1 unspecified atom stereocenters. The Kier molecular flexibility index (Phi) is 5.59. The lowest BCUT2D eigenvalue weighted by Gasteiger charge is -2.29. The van der Waals surface area contributed by atoms with Gasteiger partial charge < -0.3 is 10.2 Å². The number of hydrogen-bond acceptors (Lipinski definition) is 7. The van der Waals surface area contributed by atoms with Gasteiger partial charge in [-0.25, -0.2) is 14.1 Å².